The molecule has 1 aromatic heterocycles. The molecule has 0 spiro atoms. The zero-order valence-electron chi connectivity index (χ0n) is 12.2. The summed E-state index contributed by atoms with van der Waals surface area (Å²) >= 11 is 0. The van der Waals surface area contributed by atoms with Crippen molar-refractivity contribution in [2.75, 3.05) is 11.9 Å². The van der Waals surface area contributed by atoms with Crippen LogP contribution in [0.25, 0.3) is 0 Å². The van der Waals surface area contributed by atoms with Crippen molar-refractivity contribution in [3.05, 3.63) is 54.0 Å². The Balaban J connectivity index is 1.43. The van der Waals surface area contributed by atoms with Crippen LogP contribution >= 0.6 is 0 Å². The van der Waals surface area contributed by atoms with Crippen LogP contribution in [0.2, 0.25) is 0 Å². The number of rotatable bonds is 5. The fourth-order valence-corrected chi connectivity index (χ4v) is 2.35. The van der Waals surface area contributed by atoms with Crippen LogP contribution in [0, 0.1) is 12.8 Å². The van der Waals surface area contributed by atoms with Gasteiger partial charge in [0, 0.05) is 11.6 Å². The number of nitrogens with one attached hydrogen (secondary N) is 1. The number of furan rings is 1. The average Bonchev–Trinajstić information content (AvgIpc) is 3.13. The Labute approximate surface area is 128 Å². The van der Waals surface area contributed by atoms with Crippen LogP contribution in [-0.2, 0) is 14.3 Å². The number of benzene rings is 1. The van der Waals surface area contributed by atoms with Crippen molar-refractivity contribution >= 4 is 17.6 Å². The SMILES string of the molecule is Cc1ccc(NC(=O)COC(=O)C2CC2c2ccco2)cc1. The molecule has 1 N–H and O–H groups in total. The highest BCUT2D eigenvalue weighted by Gasteiger charge is 2.47. The fourth-order valence-electron chi connectivity index (χ4n) is 2.35. The van der Waals surface area contributed by atoms with Crippen LogP contribution < -0.4 is 5.32 Å². The Morgan fingerprint density at radius 3 is 2.73 bits per heavy atom. The quantitative estimate of drug-likeness (QED) is 0.862. The number of anilines is 1. The molecule has 3 rings (SSSR count). The van der Waals surface area contributed by atoms with Crippen molar-refractivity contribution < 1.29 is 18.7 Å². The van der Waals surface area contributed by atoms with E-state index in [2.05, 4.69) is 5.32 Å². The molecule has 0 radical (unpaired) electrons. The summed E-state index contributed by atoms with van der Waals surface area (Å²) in [5.41, 5.74) is 1.80. The number of aryl methyl sites for hydroxylation is 1. The minimum absolute atomic E-state index is 0.0858. The van der Waals surface area contributed by atoms with Gasteiger partial charge in [-0.2, -0.15) is 0 Å². The second-order valence-corrected chi connectivity index (χ2v) is 5.49. The molecule has 114 valence electrons. The third-order valence-corrected chi connectivity index (χ3v) is 3.68. The Morgan fingerprint density at radius 2 is 2.05 bits per heavy atom. The monoisotopic (exact) mass is 299 g/mol. The molecule has 22 heavy (non-hydrogen) atoms. The Hall–Kier alpha value is -2.56. The van der Waals surface area contributed by atoms with Gasteiger partial charge >= 0.3 is 5.97 Å². The Morgan fingerprint density at radius 1 is 1.27 bits per heavy atom. The van der Waals surface area contributed by atoms with Gasteiger partial charge in [0.25, 0.3) is 5.91 Å². The first-order chi connectivity index (χ1) is 10.6. The van der Waals surface area contributed by atoms with Crippen molar-refractivity contribution in [1.82, 2.24) is 0 Å². The van der Waals surface area contributed by atoms with E-state index in [1.54, 1.807) is 12.3 Å². The fraction of sp³-hybridized carbons (Fsp3) is 0.294. The summed E-state index contributed by atoms with van der Waals surface area (Å²) in [7, 11) is 0. The maximum atomic E-state index is 11.9. The predicted octanol–water partition coefficient (Wildman–Crippen LogP) is 2.87. The second kappa shape index (κ2) is 6.05. The van der Waals surface area contributed by atoms with Gasteiger partial charge in [-0.1, -0.05) is 17.7 Å². The number of ether oxygens (including phenoxy) is 1. The lowest BCUT2D eigenvalue weighted by Gasteiger charge is -2.06. The zero-order valence-corrected chi connectivity index (χ0v) is 12.2. The molecule has 5 heteroatoms. The smallest absolute Gasteiger partial charge is 0.310 e. The first-order valence-corrected chi connectivity index (χ1v) is 7.20. The van der Waals surface area contributed by atoms with E-state index >= 15 is 0 Å². The lowest BCUT2D eigenvalue weighted by molar-refractivity contribution is -0.148. The van der Waals surface area contributed by atoms with Crippen LogP contribution in [0.5, 0.6) is 0 Å². The van der Waals surface area contributed by atoms with Gasteiger partial charge in [0.1, 0.15) is 5.76 Å². The average molecular weight is 299 g/mol. The molecule has 0 aliphatic heterocycles. The third kappa shape index (κ3) is 3.36. The number of carbonyl (C=O) groups excluding carboxylic acids is 2. The number of hydrogen-bond donors (Lipinski definition) is 1. The highest BCUT2D eigenvalue weighted by Crippen LogP contribution is 2.48. The van der Waals surface area contributed by atoms with E-state index in [0.717, 1.165) is 11.3 Å². The molecule has 1 amide bonds. The number of amides is 1. The first-order valence-electron chi connectivity index (χ1n) is 7.20. The van der Waals surface area contributed by atoms with Gasteiger partial charge in [0.05, 0.1) is 12.2 Å². The molecule has 2 unspecified atom stereocenters. The summed E-state index contributed by atoms with van der Waals surface area (Å²) in [6.45, 7) is 1.70. The van der Waals surface area contributed by atoms with Gasteiger partial charge in [-0.25, -0.2) is 0 Å². The van der Waals surface area contributed by atoms with Gasteiger partial charge in [-0.05, 0) is 37.6 Å². The molecule has 1 heterocycles. The molecule has 5 nitrogen and oxygen atoms in total. The third-order valence-electron chi connectivity index (χ3n) is 3.68. The lowest BCUT2D eigenvalue weighted by atomic mass is 10.2. The molecule has 1 fully saturated rings. The van der Waals surface area contributed by atoms with E-state index in [0.29, 0.717) is 12.1 Å². The van der Waals surface area contributed by atoms with Crippen molar-refractivity contribution in [3.8, 4) is 0 Å². The molecule has 1 saturated carbocycles. The second-order valence-electron chi connectivity index (χ2n) is 5.49. The van der Waals surface area contributed by atoms with Crippen LogP contribution in [0.3, 0.4) is 0 Å². The molecule has 1 aromatic carbocycles. The van der Waals surface area contributed by atoms with Gasteiger partial charge in [0.2, 0.25) is 0 Å². The van der Waals surface area contributed by atoms with E-state index in [1.165, 1.54) is 0 Å². The zero-order chi connectivity index (χ0) is 15.5. The minimum Gasteiger partial charge on any atom is -0.469 e. The molecule has 2 atom stereocenters. The predicted molar refractivity (Wildman–Crippen MR) is 80.3 cm³/mol. The molecule has 0 saturated heterocycles. The standard InChI is InChI=1S/C17H17NO4/c1-11-4-6-12(7-5-11)18-16(19)10-22-17(20)14-9-13(14)15-3-2-8-21-15/h2-8,13-14H,9-10H2,1H3,(H,18,19). The summed E-state index contributed by atoms with van der Waals surface area (Å²) in [6.07, 6.45) is 2.30. The topological polar surface area (TPSA) is 68.5 Å². The van der Waals surface area contributed by atoms with Crippen molar-refractivity contribution in [2.45, 2.75) is 19.3 Å². The van der Waals surface area contributed by atoms with Crippen LogP contribution in [-0.4, -0.2) is 18.5 Å². The summed E-state index contributed by atoms with van der Waals surface area (Å²) < 4.78 is 10.3. The maximum absolute atomic E-state index is 11.9. The van der Waals surface area contributed by atoms with Gasteiger partial charge in [0.15, 0.2) is 6.61 Å². The van der Waals surface area contributed by atoms with Crippen LogP contribution in [0.1, 0.15) is 23.7 Å². The number of carbonyl (C=O) groups is 2. The lowest BCUT2D eigenvalue weighted by Crippen LogP contribution is -2.21. The van der Waals surface area contributed by atoms with Crippen molar-refractivity contribution in [2.24, 2.45) is 5.92 Å². The van der Waals surface area contributed by atoms with E-state index in [4.69, 9.17) is 9.15 Å². The number of esters is 1. The van der Waals surface area contributed by atoms with Crippen molar-refractivity contribution in [3.63, 3.8) is 0 Å². The van der Waals surface area contributed by atoms with E-state index in [1.807, 2.05) is 37.3 Å². The van der Waals surface area contributed by atoms with Gasteiger partial charge in [-0.3, -0.25) is 9.59 Å². The largest absolute Gasteiger partial charge is 0.469 e. The van der Waals surface area contributed by atoms with E-state index in [9.17, 15) is 9.59 Å². The summed E-state index contributed by atoms with van der Waals surface area (Å²) in [5.74, 6) is -0.0000932. The summed E-state index contributed by atoms with van der Waals surface area (Å²) in [4.78, 5) is 23.6. The Kier molecular flexibility index (Phi) is 3.96. The molecular formula is C17H17NO4. The van der Waals surface area contributed by atoms with E-state index in [-0.39, 0.29) is 30.3 Å². The Bertz CT molecular complexity index is 660. The number of hydrogen-bond acceptors (Lipinski definition) is 4. The highest BCUT2D eigenvalue weighted by atomic mass is 16.5. The van der Waals surface area contributed by atoms with E-state index < -0.39 is 0 Å². The van der Waals surface area contributed by atoms with Crippen LogP contribution in [0.4, 0.5) is 5.69 Å². The minimum atomic E-state index is -0.347. The van der Waals surface area contributed by atoms with Crippen LogP contribution in [0.15, 0.2) is 47.1 Å². The molecular weight excluding hydrogens is 282 g/mol. The van der Waals surface area contributed by atoms with Gasteiger partial charge in [-0.15, -0.1) is 0 Å². The molecule has 1 aliphatic carbocycles. The summed E-state index contributed by atoms with van der Waals surface area (Å²) in [5, 5.41) is 2.69. The molecule has 1 aliphatic rings. The van der Waals surface area contributed by atoms with Gasteiger partial charge < -0.3 is 14.5 Å². The van der Waals surface area contributed by atoms with Crippen molar-refractivity contribution in [1.29, 1.82) is 0 Å². The normalized spacial score (nSPS) is 19.5. The molecule has 2 aromatic rings. The highest BCUT2D eigenvalue weighted by molar-refractivity contribution is 5.93. The molecule has 0 bridgehead atoms. The maximum Gasteiger partial charge on any atom is 0.310 e. The first kappa shape index (κ1) is 14.4. The summed E-state index contributed by atoms with van der Waals surface area (Å²) in [6, 6.07) is 11.1.